The van der Waals surface area contributed by atoms with Gasteiger partial charge in [-0.15, -0.1) is 0 Å². The predicted molar refractivity (Wildman–Crippen MR) is 102 cm³/mol. The third-order valence-corrected chi connectivity index (χ3v) is 5.27. The number of fused-ring (bicyclic) bond motifs is 1. The lowest BCUT2D eigenvalue weighted by Crippen LogP contribution is -2.42. The van der Waals surface area contributed by atoms with E-state index in [2.05, 4.69) is 9.88 Å². The maximum Gasteiger partial charge on any atom is 0.250 e. The van der Waals surface area contributed by atoms with Crippen LogP contribution in [-0.2, 0) is 6.42 Å². The minimum absolute atomic E-state index is 0.220. The quantitative estimate of drug-likeness (QED) is 0.746. The molecule has 1 aliphatic heterocycles. The summed E-state index contributed by atoms with van der Waals surface area (Å²) in [6.07, 6.45) is 5.98. The van der Waals surface area contributed by atoms with E-state index in [1.54, 1.807) is 6.07 Å². The average molecular weight is 351 g/mol. The molecule has 0 aliphatic carbocycles. The summed E-state index contributed by atoms with van der Waals surface area (Å²) in [6.45, 7) is 0.885. The van der Waals surface area contributed by atoms with Crippen molar-refractivity contribution >= 4 is 22.5 Å². The van der Waals surface area contributed by atoms with Crippen molar-refractivity contribution in [2.75, 3.05) is 11.4 Å². The summed E-state index contributed by atoms with van der Waals surface area (Å²) in [4.78, 5) is 17.6. The highest BCUT2D eigenvalue weighted by atomic mass is 19.1. The number of aromatic nitrogens is 1. The van der Waals surface area contributed by atoms with Crippen LogP contribution in [0.5, 0.6) is 0 Å². The molecule has 3 N–H and O–H groups in total. The Bertz CT molecular complexity index is 932. The van der Waals surface area contributed by atoms with E-state index in [0.717, 1.165) is 54.4 Å². The van der Waals surface area contributed by atoms with Gasteiger partial charge in [0.05, 0.1) is 11.3 Å². The smallest absolute Gasteiger partial charge is 0.250 e. The number of halogens is 1. The average Bonchev–Trinajstić information content (AvgIpc) is 3.12. The zero-order chi connectivity index (χ0) is 18.1. The number of aromatic amines is 1. The molecule has 4 nitrogen and oxygen atoms in total. The fourth-order valence-corrected chi connectivity index (χ4v) is 4.03. The summed E-state index contributed by atoms with van der Waals surface area (Å²) in [5, 5.41) is 1.02. The number of anilines is 1. The fourth-order valence-electron chi connectivity index (χ4n) is 4.03. The number of rotatable bonds is 4. The first-order valence-electron chi connectivity index (χ1n) is 9.04. The summed E-state index contributed by atoms with van der Waals surface area (Å²) < 4.78 is 13.2. The van der Waals surface area contributed by atoms with Crippen molar-refractivity contribution in [2.45, 2.75) is 31.7 Å². The molecule has 0 radical (unpaired) electrons. The van der Waals surface area contributed by atoms with Crippen LogP contribution in [0.1, 0.15) is 35.2 Å². The van der Waals surface area contributed by atoms with Crippen LogP contribution in [0.25, 0.3) is 10.9 Å². The Balaban J connectivity index is 1.75. The lowest BCUT2D eigenvalue weighted by molar-refractivity contribution is 0.100. The van der Waals surface area contributed by atoms with Crippen LogP contribution in [0.2, 0.25) is 0 Å². The number of nitrogens with one attached hydrogen (secondary N) is 1. The van der Waals surface area contributed by atoms with Gasteiger partial charge in [0, 0.05) is 29.7 Å². The van der Waals surface area contributed by atoms with E-state index < -0.39 is 5.91 Å². The fraction of sp³-hybridized carbons (Fsp3) is 0.286. The van der Waals surface area contributed by atoms with E-state index in [-0.39, 0.29) is 11.9 Å². The van der Waals surface area contributed by atoms with Gasteiger partial charge in [-0.05, 0) is 61.6 Å². The standard InChI is InChI=1S/C21H22FN3O/c22-15-6-4-14(5-7-15)13-16-3-1-2-12-25(16)20-17-10-11-24-19(17)9-8-18(20)21(23)26/h4-11,16,24H,1-3,12-13H2,(H2,23,26). The molecule has 3 aromatic rings. The molecule has 1 amide bonds. The molecule has 1 atom stereocenters. The van der Waals surface area contributed by atoms with Crippen LogP contribution in [0.15, 0.2) is 48.7 Å². The van der Waals surface area contributed by atoms with Crippen molar-refractivity contribution in [3.8, 4) is 0 Å². The molecular formula is C21H22FN3O. The Morgan fingerprint density at radius 2 is 1.96 bits per heavy atom. The van der Waals surface area contributed by atoms with Gasteiger partial charge in [0.25, 0.3) is 5.91 Å². The molecular weight excluding hydrogens is 329 g/mol. The largest absolute Gasteiger partial charge is 0.367 e. The third-order valence-electron chi connectivity index (χ3n) is 5.27. The van der Waals surface area contributed by atoms with Gasteiger partial charge in [0.15, 0.2) is 0 Å². The number of benzene rings is 2. The topological polar surface area (TPSA) is 62.1 Å². The first-order chi connectivity index (χ1) is 12.6. The SMILES string of the molecule is NC(=O)c1ccc2[nH]ccc2c1N1CCCCC1Cc1ccc(F)cc1. The Hall–Kier alpha value is -2.82. The summed E-state index contributed by atoms with van der Waals surface area (Å²) in [7, 11) is 0. The van der Waals surface area contributed by atoms with Gasteiger partial charge in [-0.2, -0.15) is 0 Å². The zero-order valence-corrected chi connectivity index (χ0v) is 14.5. The molecule has 0 saturated carbocycles. The van der Waals surface area contributed by atoms with E-state index in [4.69, 9.17) is 5.73 Å². The maximum atomic E-state index is 13.2. The second-order valence-corrected chi connectivity index (χ2v) is 6.94. The van der Waals surface area contributed by atoms with Crippen LogP contribution in [0.4, 0.5) is 10.1 Å². The van der Waals surface area contributed by atoms with Gasteiger partial charge in [0.2, 0.25) is 0 Å². The van der Waals surface area contributed by atoms with E-state index >= 15 is 0 Å². The van der Waals surface area contributed by atoms with Crippen LogP contribution in [0.3, 0.4) is 0 Å². The molecule has 1 unspecified atom stereocenters. The van der Waals surface area contributed by atoms with E-state index in [1.165, 1.54) is 12.1 Å². The summed E-state index contributed by atoms with van der Waals surface area (Å²) >= 11 is 0. The first-order valence-corrected chi connectivity index (χ1v) is 9.04. The monoisotopic (exact) mass is 351 g/mol. The van der Waals surface area contributed by atoms with Crippen molar-refractivity contribution in [3.05, 3.63) is 65.6 Å². The Kier molecular flexibility index (Phi) is 4.37. The molecule has 1 fully saturated rings. The third kappa shape index (κ3) is 3.05. The number of piperidine rings is 1. The number of carbonyl (C=O) groups excluding carboxylic acids is 1. The van der Waals surface area contributed by atoms with Crippen molar-refractivity contribution in [3.63, 3.8) is 0 Å². The number of amides is 1. The van der Waals surface area contributed by atoms with Crippen LogP contribution in [0, 0.1) is 5.82 Å². The van der Waals surface area contributed by atoms with E-state index in [1.807, 2.05) is 30.5 Å². The number of H-pyrrole nitrogens is 1. The summed E-state index contributed by atoms with van der Waals surface area (Å²) in [6, 6.07) is 12.7. The minimum atomic E-state index is -0.408. The highest BCUT2D eigenvalue weighted by Gasteiger charge is 2.27. The Morgan fingerprint density at radius 3 is 2.73 bits per heavy atom. The molecule has 26 heavy (non-hydrogen) atoms. The Labute approximate surface area is 151 Å². The van der Waals surface area contributed by atoms with Crippen LogP contribution in [-0.4, -0.2) is 23.5 Å². The molecule has 1 aromatic heterocycles. The second-order valence-electron chi connectivity index (χ2n) is 6.94. The number of hydrogen-bond donors (Lipinski definition) is 2. The normalized spacial score (nSPS) is 17.6. The molecule has 134 valence electrons. The minimum Gasteiger partial charge on any atom is -0.367 e. The van der Waals surface area contributed by atoms with Crippen LogP contribution >= 0.6 is 0 Å². The van der Waals surface area contributed by atoms with E-state index in [0.29, 0.717) is 5.56 Å². The second kappa shape index (κ2) is 6.83. The van der Waals surface area contributed by atoms with Gasteiger partial charge in [0.1, 0.15) is 5.82 Å². The van der Waals surface area contributed by atoms with Gasteiger partial charge in [-0.1, -0.05) is 12.1 Å². The lowest BCUT2D eigenvalue weighted by atomic mass is 9.93. The molecule has 0 bridgehead atoms. The molecule has 1 saturated heterocycles. The number of primary amides is 1. The van der Waals surface area contributed by atoms with Crippen molar-refractivity contribution < 1.29 is 9.18 Å². The first kappa shape index (κ1) is 16.6. The number of nitrogens with zero attached hydrogens (tertiary/aromatic N) is 1. The summed E-state index contributed by atoms with van der Waals surface area (Å²) in [5.41, 5.74) is 9.25. The molecule has 2 heterocycles. The zero-order valence-electron chi connectivity index (χ0n) is 14.5. The van der Waals surface area contributed by atoms with Crippen molar-refractivity contribution in [1.82, 2.24) is 4.98 Å². The van der Waals surface area contributed by atoms with Gasteiger partial charge in [-0.3, -0.25) is 4.79 Å². The van der Waals surface area contributed by atoms with Gasteiger partial charge >= 0.3 is 0 Å². The van der Waals surface area contributed by atoms with Gasteiger partial charge < -0.3 is 15.6 Å². The number of hydrogen-bond acceptors (Lipinski definition) is 2. The lowest BCUT2D eigenvalue weighted by Gasteiger charge is -2.39. The molecule has 1 aliphatic rings. The number of nitrogens with two attached hydrogens (primary N) is 1. The molecule has 2 aromatic carbocycles. The highest BCUT2D eigenvalue weighted by molar-refractivity contribution is 6.07. The highest BCUT2D eigenvalue weighted by Crippen LogP contribution is 2.35. The summed E-state index contributed by atoms with van der Waals surface area (Å²) in [5.74, 6) is -0.628. The molecule has 0 spiro atoms. The van der Waals surface area contributed by atoms with Gasteiger partial charge in [-0.25, -0.2) is 4.39 Å². The van der Waals surface area contributed by atoms with Crippen LogP contribution < -0.4 is 10.6 Å². The molecule has 4 rings (SSSR count). The Morgan fingerprint density at radius 1 is 1.15 bits per heavy atom. The molecule has 5 heteroatoms. The maximum absolute atomic E-state index is 13.2. The van der Waals surface area contributed by atoms with Crippen molar-refractivity contribution in [2.24, 2.45) is 5.73 Å². The van der Waals surface area contributed by atoms with E-state index in [9.17, 15) is 9.18 Å². The number of carbonyl (C=O) groups is 1. The van der Waals surface area contributed by atoms with Crippen molar-refractivity contribution in [1.29, 1.82) is 0 Å². The predicted octanol–water partition coefficient (Wildman–Crippen LogP) is 4.01.